The van der Waals surface area contributed by atoms with Crippen molar-refractivity contribution < 1.29 is 14.2 Å². The van der Waals surface area contributed by atoms with Gasteiger partial charge >= 0.3 is 0 Å². The van der Waals surface area contributed by atoms with Gasteiger partial charge < -0.3 is 5.21 Å². The van der Waals surface area contributed by atoms with Crippen LogP contribution in [0.4, 0.5) is 0 Å². The number of hydrogen-bond acceptors (Lipinski definition) is 3. The lowest BCUT2D eigenvalue weighted by atomic mass is 10.4. The summed E-state index contributed by atoms with van der Waals surface area (Å²) in [7, 11) is -2.94. The number of carbonyl (C=O) groups excluding carboxylic acids is 1. The van der Waals surface area contributed by atoms with Crippen molar-refractivity contribution in [1.82, 2.24) is 4.89 Å². The summed E-state index contributed by atoms with van der Waals surface area (Å²) in [4.78, 5) is 12.2. The highest BCUT2D eigenvalue weighted by Gasteiger charge is 2.06. The van der Waals surface area contributed by atoms with E-state index < -0.39 is 9.71 Å². The molecule has 0 aromatic heterocycles. The van der Waals surface area contributed by atoms with E-state index in [2.05, 4.69) is 0 Å². The fraction of sp³-hybridized carbons (Fsp3) is 0. The summed E-state index contributed by atoms with van der Waals surface area (Å²) in [5.41, 5.74) is 0. The van der Waals surface area contributed by atoms with E-state index in [0.717, 1.165) is 5.37 Å². The van der Waals surface area contributed by atoms with Gasteiger partial charge in [-0.2, -0.15) is 0 Å². The first-order valence-electron chi connectivity index (χ1n) is 3.51. The summed E-state index contributed by atoms with van der Waals surface area (Å²) >= 11 is 0. The molecule has 0 heterocycles. The highest BCUT2D eigenvalue weighted by Crippen LogP contribution is 2.06. The van der Waals surface area contributed by atoms with Gasteiger partial charge in [-0.05, 0) is 12.1 Å². The first-order chi connectivity index (χ1) is 6.23. The van der Waals surface area contributed by atoms with Gasteiger partial charge in [-0.25, -0.2) is 4.21 Å². The lowest BCUT2D eigenvalue weighted by Crippen LogP contribution is -2.22. The van der Waals surface area contributed by atoms with Gasteiger partial charge in [-0.1, -0.05) is 18.2 Å². The van der Waals surface area contributed by atoms with Crippen molar-refractivity contribution in [2.24, 2.45) is 0 Å². The van der Waals surface area contributed by atoms with Gasteiger partial charge in [0.05, 0.1) is 15.1 Å². The zero-order valence-corrected chi connectivity index (χ0v) is 7.53. The third-order valence-corrected chi connectivity index (χ3v) is 3.21. The molecule has 0 aliphatic carbocycles. The number of carbonyl (C=O) groups is 1. The third-order valence-electron chi connectivity index (χ3n) is 1.48. The minimum absolute atomic E-state index is 0.365. The second-order valence-electron chi connectivity index (χ2n) is 2.28. The normalized spacial score (nSPS) is 14.5. The van der Waals surface area contributed by atoms with Crippen molar-refractivity contribution in [3.05, 3.63) is 30.3 Å². The number of benzene rings is 1. The predicted octanol–water partition coefficient (Wildman–Crippen LogP) is 0.225. The molecule has 5 heteroatoms. The van der Waals surface area contributed by atoms with Gasteiger partial charge in [0.25, 0.3) is 0 Å². The second-order valence-corrected chi connectivity index (χ2v) is 4.40. The van der Waals surface area contributed by atoms with E-state index in [0.29, 0.717) is 11.2 Å². The number of nitrogens with one attached hydrogen (secondary N) is 1. The SMILES string of the molecule is O=CC=S(=O)(NO)c1ccccc1. The van der Waals surface area contributed by atoms with Crippen molar-refractivity contribution in [2.75, 3.05) is 0 Å². The molecule has 1 aromatic carbocycles. The van der Waals surface area contributed by atoms with Crippen LogP contribution in [0.1, 0.15) is 0 Å². The molecule has 70 valence electrons. The quantitative estimate of drug-likeness (QED) is 0.416. The average Bonchev–Trinajstić information content (AvgIpc) is 2.19. The van der Waals surface area contributed by atoms with Crippen LogP contribution in [0, 0.1) is 0 Å². The topological polar surface area (TPSA) is 66.4 Å². The first-order valence-corrected chi connectivity index (χ1v) is 5.14. The fourth-order valence-electron chi connectivity index (χ4n) is 0.863. The van der Waals surface area contributed by atoms with Crippen LogP contribution in [0.15, 0.2) is 35.2 Å². The Morgan fingerprint density at radius 3 is 2.38 bits per heavy atom. The molecule has 0 bridgehead atoms. The molecule has 0 radical (unpaired) electrons. The monoisotopic (exact) mass is 199 g/mol. The maximum atomic E-state index is 11.7. The largest absolute Gasteiger partial charge is 0.304 e. The Balaban J connectivity index is 3.28. The van der Waals surface area contributed by atoms with Gasteiger partial charge in [-0.15, -0.1) is 4.89 Å². The molecule has 0 saturated heterocycles. The van der Waals surface area contributed by atoms with Crippen LogP contribution < -0.4 is 4.89 Å². The number of hydrogen-bond donors (Lipinski definition) is 2. The van der Waals surface area contributed by atoms with Crippen LogP contribution in [-0.4, -0.2) is 21.1 Å². The minimum atomic E-state index is -2.94. The van der Waals surface area contributed by atoms with Crippen molar-refractivity contribution in [2.45, 2.75) is 4.90 Å². The summed E-state index contributed by atoms with van der Waals surface area (Å²) in [6.45, 7) is 0. The van der Waals surface area contributed by atoms with E-state index in [-0.39, 0.29) is 0 Å². The van der Waals surface area contributed by atoms with Gasteiger partial charge in [0.1, 0.15) is 0 Å². The summed E-state index contributed by atoms with van der Waals surface area (Å²) < 4.78 is 11.7. The predicted molar refractivity (Wildman–Crippen MR) is 49.9 cm³/mol. The molecule has 0 amide bonds. The van der Waals surface area contributed by atoms with Crippen LogP contribution in [-0.2, 0) is 14.5 Å². The van der Waals surface area contributed by atoms with E-state index in [1.165, 1.54) is 0 Å². The highest BCUT2D eigenvalue weighted by molar-refractivity contribution is 8.00. The Labute approximate surface area is 76.3 Å². The fourth-order valence-corrected chi connectivity index (χ4v) is 1.90. The molecule has 0 fully saturated rings. The zero-order chi connectivity index (χ0) is 9.73. The van der Waals surface area contributed by atoms with Gasteiger partial charge in [0.15, 0.2) is 6.29 Å². The highest BCUT2D eigenvalue weighted by atomic mass is 32.2. The lowest BCUT2D eigenvalue weighted by molar-refractivity contribution is -0.102. The second kappa shape index (κ2) is 4.18. The maximum absolute atomic E-state index is 11.7. The van der Waals surface area contributed by atoms with Crippen molar-refractivity contribution in [3.8, 4) is 0 Å². The van der Waals surface area contributed by atoms with Gasteiger partial charge in [0, 0.05) is 4.90 Å². The Morgan fingerprint density at radius 1 is 1.31 bits per heavy atom. The number of aldehydes is 1. The van der Waals surface area contributed by atoms with E-state index in [9.17, 15) is 9.00 Å². The van der Waals surface area contributed by atoms with E-state index in [1.807, 2.05) is 0 Å². The van der Waals surface area contributed by atoms with Crippen LogP contribution in [0.2, 0.25) is 0 Å². The summed E-state index contributed by atoms with van der Waals surface area (Å²) in [6.07, 6.45) is 0.387. The molecule has 0 spiro atoms. The van der Waals surface area contributed by atoms with Crippen LogP contribution in [0.25, 0.3) is 0 Å². The molecule has 1 atom stereocenters. The standard InChI is InChI=1S/C8H9NO3S/c10-6-7-13(12,9-11)8-4-2-1-3-5-8/h1-7,11H,(H,9,12). The van der Waals surface area contributed by atoms with E-state index >= 15 is 0 Å². The maximum Gasteiger partial charge on any atom is 0.152 e. The average molecular weight is 199 g/mol. The minimum Gasteiger partial charge on any atom is -0.304 e. The van der Waals surface area contributed by atoms with Crippen LogP contribution in [0.3, 0.4) is 0 Å². The first kappa shape index (κ1) is 9.91. The lowest BCUT2D eigenvalue weighted by Gasteiger charge is -2.06. The molecular weight excluding hydrogens is 190 g/mol. The molecule has 1 unspecified atom stereocenters. The molecule has 1 aromatic rings. The molecule has 2 N–H and O–H groups in total. The summed E-state index contributed by atoms with van der Waals surface area (Å²) in [6, 6.07) is 8.22. The number of rotatable bonds is 3. The van der Waals surface area contributed by atoms with Gasteiger partial charge in [-0.3, -0.25) is 4.79 Å². The zero-order valence-electron chi connectivity index (χ0n) is 6.71. The van der Waals surface area contributed by atoms with Crippen molar-refractivity contribution in [1.29, 1.82) is 0 Å². The Morgan fingerprint density at radius 2 is 1.92 bits per heavy atom. The van der Waals surface area contributed by atoms with Crippen molar-refractivity contribution in [3.63, 3.8) is 0 Å². The van der Waals surface area contributed by atoms with Gasteiger partial charge in [0.2, 0.25) is 0 Å². The third kappa shape index (κ3) is 2.15. The summed E-state index contributed by atoms with van der Waals surface area (Å²) in [5, 5.41) is 9.55. The van der Waals surface area contributed by atoms with E-state index in [1.54, 1.807) is 35.2 Å². The van der Waals surface area contributed by atoms with Crippen LogP contribution in [0.5, 0.6) is 0 Å². The molecule has 1 rings (SSSR count). The molecule has 4 nitrogen and oxygen atoms in total. The molecule has 13 heavy (non-hydrogen) atoms. The molecule has 0 aliphatic rings. The Kier molecular flexibility index (Phi) is 3.18. The molecular formula is C8H9NO3S. The Bertz CT molecular complexity index is 393. The Hall–Kier alpha value is -1.17. The summed E-state index contributed by atoms with van der Waals surface area (Å²) in [5.74, 6) is 0. The van der Waals surface area contributed by atoms with Crippen LogP contribution >= 0.6 is 0 Å². The molecule has 0 saturated carbocycles. The molecule has 0 aliphatic heterocycles. The smallest absolute Gasteiger partial charge is 0.152 e. The van der Waals surface area contributed by atoms with E-state index in [4.69, 9.17) is 5.21 Å². The van der Waals surface area contributed by atoms with Crippen molar-refractivity contribution >= 4 is 21.4 Å².